The number of nitrogens with one attached hydrogen (secondary N) is 1. The number of amides is 1. The monoisotopic (exact) mass is 551 g/mol. The van der Waals surface area contributed by atoms with E-state index in [-0.39, 0.29) is 29.9 Å². The number of carbonyl (C=O) groups excluding carboxylic acids is 1. The van der Waals surface area contributed by atoms with Crippen LogP contribution < -0.4 is 5.32 Å². The van der Waals surface area contributed by atoms with Crippen LogP contribution in [0.1, 0.15) is 12.0 Å². The lowest BCUT2D eigenvalue weighted by molar-refractivity contribution is -0.131. The van der Waals surface area contributed by atoms with Crippen molar-refractivity contribution in [2.24, 2.45) is 4.99 Å². The third kappa shape index (κ3) is 9.36. The van der Waals surface area contributed by atoms with Gasteiger partial charge in [-0.3, -0.25) is 9.79 Å². The molecular formula is C21H35ClIN5O2. The second-order valence-corrected chi connectivity index (χ2v) is 7.73. The number of ether oxygens (including phenoxy) is 1. The zero-order valence-corrected chi connectivity index (χ0v) is 21.4. The molecule has 1 aromatic rings. The fourth-order valence-corrected chi connectivity index (χ4v) is 3.55. The first-order chi connectivity index (χ1) is 14.0. The Balaban J connectivity index is 0.00000450. The largest absolute Gasteiger partial charge is 0.383 e. The van der Waals surface area contributed by atoms with Gasteiger partial charge in [0.1, 0.15) is 0 Å². The summed E-state index contributed by atoms with van der Waals surface area (Å²) in [6, 6.07) is 7.51. The molecule has 1 aliphatic rings. The van der Waals surface area contributed by atoms with Gasteiger partial charge in [0.15, 0.2) is 5.96 Å². The van der Waals surface area contributed by atoms with Crippen LogP contribution in [0.25, 0.3) is 0 Å². The number of nitrogens with zero attached hydrogens (tertiary/aromatic N) is 4. The molecule has 170 valence electrons. The van der Waals surface area contributed by atoms with Crippen molar-refractivity contribution in [3.05, 3.63) is 34.9 Å². The quantitative estimate of drug-likeness (QED) is 0.221. The molecule has 0 radical (unpaired) electrons. The van der Waals surface area contributed by atoms with Crippen LogP contribution in [0.5, 0.6) is 0 Å². The standard InChI is InChI=1S/C21H34ClN5O2.HI/c1-23-21(24-8-5-9-25(2)14-15-29-3)27-12-10-26(11-13-27)20(28)17-18-6-4-7-19(22)16-18;/h4,6-7,16H,5,8-15,17H2,1-3H3,(H,23,24);1H. The van der Waals surface area contributed by atoms with Gasteiger partial charge in [-0.15, -0.1) is 24.0 Å². The molecule has 1 aliphatic heterocycles. The van der Waals surface area contributed by atoms with E-state index < -0.39 is 0 Å². The summed E-state index contributed by atoms with van der Waals surface area (Å²) in [7, 11) is 5.64. The minimum absolute atomic E-state index is 0. The molecule has 9 heteroatoms. The van der Waals surface area contributed by atoms with Gasteiger partial charge >= 0.3 is 0 Å². The van der Waals surface area contributed by atoms with Crippen molar-refractivity contribution in [3.8, 4) is 0 Å². The minimum atomic E-state index is 0. The Kier molecular flexibility index (Phi) is 13.3. The van der Waals surface area contributed by atoms with Gasteiger partial charge in [0, 0.05) is 58.4 Å². The molecule has 1 saturated heterocycles. The number of guanidine groups is 1. The second-order valence-electron chi connectivity index (χ2n) is 7.30. The number of benzene rings is 1. The van der Waals surface area contributed by atoms with E-state index in [1.165, 1.54) is 0 Å². The first-order valence-electron chi connectivity index (χ1n) is 10.2. The molecule has 1 heterocycles. The molecule has 1 fully saturated rings. The van der Waals surface area contributed by atoms with Crippen molar-refractivity contribution in [3.63, 3.8) is 0 Å². The highest BCUT2D eigenvalue weighted by atomic mass is 127. The fraction of sp³-hybridized carbons (Fsp3) is 0.619. The van der Waals surface area contributed by atoms with E-state index in [1.807, 2.05) is 36.2 Å². The highest BCUT2D eigenvalue weighted by Gasteiger charge is 2.23. The highest BCUT2D eigenvalue weighted by Crippen LogP contribution is 2.13. The Bertz CT molecular complexity index is 669. The van der Waals surface area contributed by atoms with Crippen LogP contribution in [0.2, 0.25) is 5.02 Å². The summed E-state index contributed by atoms with van der Waals surface area (Å²) in [4.78, 5) is 23.4. The van der Waals surface area contributed by atoms with E-state index >= 15 is 0 Å². The molecule has 2 rings (SSSR count). The molecule has 30 heavy (non-hydrogen) atoms. The Labute approximate surface area is 202 Å². The number of hydrogen-bond acceptors (Lipinski definition) is 4. The van der Waals surface area contributed by atoms with Crippen LogP contribution >= 0.6 is 35.6 Å². The number of carbonyl (C=O) groups is 1. The van der Waals surface area contributed by atoms with E-state index in [0.29, 0.717) is 24.5 Å². The zero-order chi connectivity index (χ0) is 21.1. The van der Waals surface area contributed by atoms with Gasteiger partial charge in [0.25, 0.3) is 0 Å². The van der Waals surface area contributed by atoms with Crippen molar-refractivity contribution in [1.82, 2.24) is 20.0 Å². The lowest BCUT2D eigenvalue weighted by Gasteiger charge is -2.36. The Morgan fingerprint density at radius 2 is 1.93 bits per heavy atom. The summed E-state index contributed by atoms with van der Waals surface area (Å²) in [5.41, 5.74) is 0.956. The molecule has 0 saturated carbocycles. The normalized spacial score (nSPS) is 14.6. The molecular weight excluding hydrogens is 517 g/mol. The summed E-state index contributed by atoms with van der Waals surface area (Å²) in [6.07, 6.45) is 1.43. The number of rotatable bonds is 9. The highest BCUT2D eigenvalue weighted by molar-refractivity contribution is 14.0. The third-order valence-corrected chi connectivity index (χ3v) is 5.30. The van der Waals surface area contributed by atoms with Crippen LogP contribution in [0.15, 0.2) is 29.3 Å². The van der Waals surface area contributed by atoms with Crippen molar-refractivity contribution in [2.45, 2.75) is 12.8 Å². The smallest absolute Gasteiger partial charge is 0.227 e. The number of halogens is 2. The van der Waals surface area contributed by atoms with E-state index in [9.17, 15) is 4.79 Å². The first kappa shape index (κ1) is 26.9. The van der Waals surface area contributed by atoms with E-state index in [0.717, 1.165) is 57.3 Å². The van der Waals surface area contributed by atoms with Gasteiger partial charge < -0.3 is 24.8 Å². The molecule has 1 amide bonds. The van der Waals surface area contributed by atoms with Gasteiger partial charge in [-0.05, 0) is 37.7 Å². The third-order valence-electron chi connectivity index (χ3n) is 5.06. The molecule has 1 N–H and O–H groups in total. The molecule has 0 spiro atoms. The molecule has 0 aromatic heterocycles. The second kappa shape index (κ2) is 14.8. The van der Waals surface area contributed by atoms with Crippen LogP contribution in [0.3, 0.4) is 0 Å². The van der Waals surface area contributed by atoms with Crippen LogP contribution in [-0.4, -0.2) is 100 Å². The molecule has 0 bridgehead atoms. The Hall–Kier alpha value is -1.10. The maximum absolute atomic E-state index is 12.6. The Morgan fingerprint density at radius 1 is 1.23 bits per heavy atom. The zero-order valence-electron chi connectivity index (χ0n) is 18.3. The average Bonchev–Trinajstić information content (AvgIpc) is 2.72. The van der Waals surface area contributed by atoms with Crippen LogP contribution in [-0.2, 0) is 16.0 Å². The topological polar surface area (TPSA) is 60.4 Å². The molecule has 0 atom stereocenters. The summed E-state index contributed by atoms with van der Waals surface area (Å²) < 4.78 is 5.10. The summed E-state index contributed by atoms with van der Waals surface area (Å²) in [5, 5.41) is 4.11. The van der Waals surface area contributed by atoms with E-state index in [4.69, 9.17) is 16.3 Å². The number of methoxy groups -OCH3 is 1. The molecule has 1 aromatic carbocycles. The number of aliphatic imine (C=N–C) groups is 1. The lowest BCUT2D eigenvalue weighted by atomic mass is 10.1. The molecule has 0 aliphatic carbocycles. The van der Waals surface area contributed by atoms with Gasteiger partial charge in [0.05, 0.1) is 13.0 Å². The summed E-state index contributed by atoms with van der Waals surface area (Å²) >= 11 is 6.02. The van der Waals surface area contributed by atoms with Crippen LogP contribution in [0, 0.1) is 0 Å². The maximum Gasteiger partial charge on any atom is 0.227 e. The van der Waals surface area contributed by atoms with Crippen molar-refractivity contribution >= 4 is 47.4 Å². The van der Waals surface area contributed by atoms with Crippen LogP contribution in [0.4, 0.5) is 0 Å². The van der Waals surface area contributed by atoms with Gasteiger partial charge in [-0.2, -0.15) is 0 Å². The summed E-state index contributed by atoms with van der Waals surface area (Å²) in [6.45, 7) is 6.57. The van der Waals surface area contributed by atoms with Gasteiger partial charge in [-0.1, -0.05) is 23.7 Å². The lowest BCUT2D eigenvalue weighted by Crippen LogP contribution is -2.54. The van der Waals surface area contributed by atoms with Crippen molar-refractivity contribution in [2.75, 3.05) is 73.6 Å². The van der Waals surface area contributed by atoms with Gasteiger partial charge in [-0.25, -0.2) is 0 Å². The first-order valence-corrected chi connectivity index (χ1v) is 10.6. The Morgan fingerprint density at radius 3 is 2.57 bits per heavy atom. The fourth-order valence-electron chi connectivity index (χ4n) is 3.34. The molecule has 0 unspecified atom stereocenters. The average molecular weight is 552 g/mol. The predicted molar refractivity (Wildman–Crippen MR) is 134 cm³/mol. The van der Waals surface area contributed by atoms with Gasteiger partial charge in [0.2, 0.25) is 5.91 Å². The summed E-state index contributed by atoms with van der Waals surface area (Å²) in [5.74, 6) is 1.06. The molecule has 7 nitrogen and oxygen atoms in total. The van der Waals surface area contributed by atoms with Crippen molar-refractivity contribution < 1.29 is 9.53 Å². The SMILES string of the molecule is CN=C(NCCCN(C)CCOC)N1CCN(C(=O)Cc2cccc(Cl)c2)CC1.I. The van der Waals surface area contributed by atoms with E-state index in [2.05, 4.69) is 27.2 Å². The number of likely N-dealkylation sites (N-methyl/N-ethyl adjacent to an activating group) is 1. The van der Waals surface area contributed by atoms with Crippen molar-refractivity contribution in [1.29, 1.82) is 0 Å². The van der Waals surface area contributed by atoms with E-state index in [1.54, 1.807) is 7.11 Å². The number of hydrogen-bond donors (Lipinski definition) is 1. The number of piperazine rings is 1. The predicted octanol–water partition coefficient (Wildman–Crippen LogP) is 2.19. The minimum Gasteiger partial charge on any atom is -0.383 e. The maximum atomic E-state index is 12.6.